The zero-order chi connectivity index (χ0) is 19.2. The van der Waals surface area contributed by atoms with Gasteiger partial charge in [0.15, 0.2) is 12.0 Å². The number of carbonyl (C=O) groups excluding carboxylic acids is 2. The standard InChI is InChI=1S/C17H18N2O6S/c1-24-17-12(10-20)8-15(25-13-6-4-3-5-7-13)16(19-26(2,22)23)14(17)9-18-11-21/h3-8,10-11,19H,9H2,1-2H3,(H,18,21). The van der Waals surface area contributed by atoms with Crippen LogP contribution in [0.2, 0.25) is 0 Å². The summed E-state index contributed by atoms with van der Waals surface area (Å²) in [4.78, 5) is 22.2. The first-order valence-electron chi connectivity index (χ1n) is 7.46. The van der Waals surface area contributed by atoms with Crippen LogP contribution >= 0.6 is 0 Å². The molecule has 0 atom stereocenters. The highest BCUT2D eigenvalue weighted by Gasteiger charge is 2.22. The molecule has 0 bridgehead atoms. The van der Waals surface area contributed by atoms with Crippen LogP contribution in [0.15, 0.2) is 36.4 Å². The minimum atomic E-state index is -3.67. The molecule has 138 valence electrons. The third-order valence-corrected chi connectivity index (χ3v) is 3.90. The van der Waals surface area contributed by atoms with Crippen molar-refractivity contribution in [1.29, 1.82) is 0 Å². The zero-order valence-corrected chi connectivity index (χ0v) is 15.0. The van der Waals surface area contributed by atoms with Crippen molar-refractivity contribution in [3.05, 3.63) is 47.5 Å². The van der Waals surface area contributed by atoms with Gasteiger partial charge in [0.1, 0.15) is 11.5 Å². The first kappa shape index (κ1) is 19.3. The highest BCUT2D eigenvalue weighted by molar-refractivity contribution is 7.92. The zero-order valence-electron chi connectivity index (χ0n) is 14.2. The van der Waals surface area contributed by atoms with Crippen molar-refractivity contribution in [2.24, 2.45) is 0 Å². The number of methoxy groups -OCH3 is 1. The number of carbonyl (C=O) groups is 2. The first-order chi connectivity index (χ1) is 12.4. The van der Waals surface area contributed by atoms with E-state index in [1.807, 2.05) is 0 Å². The van der Waals surface area contributed by atoms with Crippen molar-refractivity contribution < 1.29 is 27.5 Å². The maximum atomic E-state index is 11.8. The van der Waals surface area contributed by atoms with Gasteiger partial charge in [-0.1, -0.05) is 18.2 Å². The van der Waals surface area contributed by atoms with Crippen LogP contribution in [-0.2, 0) is 21.4 Å². The van der Waals surface area contributed by atoms with Gasteiger partial charge in [-0.3, -0.25) is 14.3 Å². The minimum absolute atomic E-state index is 0.0721. The molecule has 2 N–H and O–H groups in total. The number of hydrogen-bond donors (Lipinski definition) is 2. The number of amides is 1. The summed E-state index contributed by atoms with van der Waals surface area (Å²) in [5, 5.41) is 2.44. The number of aldehydes is 1. The van der Waals surface area contributed by atoms with Crippen LogP contribution in [-0.4, -0.2) is 34.5 Å². The Balaban J connectivity index is 2.69. The van der Waals surface area contributed by atoms with E-state index >= 15 is 0 Å². The van der Waals surface area contributed by atoms with Crippen LogP contribution in [0.25, 0.3) is 0 Å². The Labute approximate surface area is 151 Å². The average Bonchev–Trinajstić information content (AvgIpc) is 2.61. The van der Waals surface area contributed by atoms with Crippen molar-refractivity contribution in [1.82, 2.24) is 5.32 Å². The van der Waals surface area contributed by atoms with Crippen molar-refractivity contribution >= 4 is 28.4 Å². The molecule has 1 amide bonds. The van der Waals surface area contributed by atoms with E-state index < -0.39 is 10.0 Å². The molecule has 0 unspecified atom stereocenters. The monoisotopic (exact) mass is 378 g/mol. The molecule has 0 radical (unpaired) electrons. The van der Waals surface area contributed by atoms with E-state index in [4.69, 9.17) is 9.47 Å². The summed E-state index contributed by atoms with van der Waals surface area (Å²) in [6, 6.07) is 10.0. The van der Waals surface area contributed by atoms with Gasteiger partial charge in [0, 0.05) is 12.1 Å². The van der Waals surface area contributed by atoms with Crippen molar-refractivity contribution in [2.45, 2.75) is 6.54 Å². The highest BCUT2D eigenvalue weighted by atomic mass is 32.2. The molecule has 0 heterocycles. The molecule has 2 aromatic rings. The van der Waals surface area contributed by atoms with Gasteiger partial charge in [-0.2, -0.15) is 0 Å². The van der Waals surface area contributed by atoms with Crippen LogP contribution in [0.4, 0.5) is 5.69 Å². The minimum Gasteiger partial charge on any atom is -0.496 e. The van der Waals surface area contributed by atoms with Crippen LogP contribution in [0.3, 0.4) is 0 Å². The van der Waals surface area contributed by atoms with Gasteiger partial charge in [0.05, 0.1) is 24.6 Å². The average molecular weight is 378 g/mol. The number of benzene rings is 2. The number of hydrogen-bond acceptors (Lipinski definition) is 6. The Morgan fingerprint density at radius 1 is 1.15 bits per heavy atom. The quantitative estimate of drug-likeness (QED) is 0.645. The number of ether oxygens (including phenoxy) is 2. The Hall–Kier alpha value is -3.07. The lowest BCUT2D eigenvalue weighted by atomic mass is 10.1. The molecule has 0 aliphatic rings. The Bertz CT molecular complexity index is 897. The van der Waals surface area contributed by atoms with Gasteiger partial charge in [-0.05, 0) is 18.2 Å². The summed E-state index contributed by atoms with van der Waals surface area (Å²) in [6.07, 6.45) is 2.00. The topological polar surface area (TPSA) is 111 Å². The summed E-state index contributed by atoms with van der Waals surface area (Å²) in [5.74, 6) is 0.688. The summed E-state index contributed by atoms with van der Waals surface area (Å²) < 4.78 is 37.0. The second-order valence-corrected chi connectivity index (χ2v) is 7.01. The molecule has 8 nitrogen and oxygen atoms in total. The van der Waals surface area contributed by atoms with Gasteiger partial charge in [-0.25, -0.2) is 8.42 Å². The summed E-state index contributed by atoms with van der Waals surface area (Å²) in [7, 11) is -2.33. The van der Waals surface area contributed by atoms with E-state index in [2.05, 4.69) is 10.0 Å². The second kappa shape index (κ2) is 8.34. The molecule has 2 rings (SSSR count). The number of sulfonamides is 1. The number of nitrogens with one attached hydrogen (secondary N) is 2. The van der Waals surface area contributed by atoms with Crippen LogP contribution in [0, 0.1) is 0 Å². The van der Waals surface area contributed by atoms with Gasteiger partial charge < -0.3 is 14.8 Å². The lowest BCUT2D eigenvalue weighted by molar-refractivity contribution is -0.109. The van der Waals surface area contributed by atoms with Crippen molar-refractivity contribution in [2.75, 3.05) is 18.1 Å². The SMILES string of the molecule is COc1c(C=O)cc(Oc2ccccc2)c(NS(C)(=O)=O)c1CNC=O. The van der Waals surface area contributed by atoms with Crippen LogP contribution in [0.5, 0.6) is 17.2 Å². The fourth-order valence-corrected chi connectivity index (χ4v) is 2.94. The van der Waals surface area contributed by atoms with E-state index in [0.717, 1.165) is 6.26 Å². The molecule has 2 aromatic carbocycles. The highest BCUT2D eigenvalue weighted by Crippen LogP contribution is 2.40. The van der Waals surface area contributed by atoms with E-state index in [-0.39, 0.29) is 34.9 Å². The largest absolute Gasteiger partial charge is 0.496 e. The molecule has 26 heavy (non-hydrogen) atoms. The Kier molecular flexibility index (Phi) is 6.18. The molecule has 0 saturated carbocycles. The number of anilines is 1. The van der Waals surface area contributed by atoms with E-state index in [9.17, 15) is 18.0 Å². The van der Waals surface area contributed by atoms with E-state index in [1.165, 1.54) is 13.2 Å². The Morgan fingerprint density at radius 2 is 1.85 bits per heavy atom. The summed E-state index contributed by atoms with van der Waals surface area (Å²) in [5.41, 5.74) is 0.494. The third-order valence-electron chi connectivity index (χ3n) is 3.32. The van der Waals surface area contributed by atoms with Gasteiger partial charge in [-0.15, -0.1) is 0 Å². The predicted molar refractivity (Wildman–Crippen MR) is 96.3 cm³/mol. The molecular weight excluding hydrogens is 360 g/mol. The van der Waals surface area contributed by atoms with Gasteiger partial charge in [0.25, 0.3) is 0 Å². The third kappa shape index (κ3) is 4.73. The molecule has 0 aliphatic carbocycles. The fourth-order valence-electron chi connectivity index (χ4n) is 2.35. The Morgan fingerprint density at radius 3 is 2.38 bits per heavy atom. The lowest BCUT2D eigenvalue weighted by Gasteiger charge is -2.20. The summed E-state index contributed by atoms with van der Waals surface area (Å²) >= 11 is 0. The molecule has 0 saturated heterocycles. The van der Waals surface area contributed by atoms with Gasteiger partial charge >= 0.3 is 0 Å². The van der Waals surface area contributed by atoms with Gasteiger partial charge in [0.2, 0.25) is 16.4 Å². The molecule has 0 aliphatic heterocycles. The molecule has 0 spiro atoms. The maximum Gasteiger partial charge on any atom is 0.229 e. The summed E-state index contributed by atoms with van der Waals surface area (Å²) in [6.45, 7) is -0.0721. The lowest BCUT2D eigenvalue weighted by Crippen LogP contribution is -2.18. The molecular formula is C17H18N2O6S. The normalized spacial score (nSPS) is 10.7. The van der Waals surface area contributed by atoms with Crippen LogP contribution < -0.4 is 19.5 Å². The van der Waals surface area contributed by atoms with E-state index in [1.54, 1.807) is 30.3 Å². The van der Waals surface area contributed by atoms with E-state index in [0.29, 0.717) is 18.4 Å². The van der Waals surface area contributed by atoms with Crippen molar-refractivity contribution in [3.63, 3.8) is 0 Å². The number of para-hydroxylation sites is 1. The molecule has 9 heteroatoms. The second-order valence-electron chi connectivity index (χ2n) is 5.26. The molecule has 0 fully saturated rings. The van der Waals surface area contributed by atoms with Crippen molar-refractivity contribution in [3.8, 4) is 17.2 Å². The smallest absolute Gasteiger partial charge is 0.229 e. The number of rotatable bonds is 9. The maximum absolute atomic E-state index is 11.8. The fraction of sp³-hybridized carbons (Fsp3) is 0.176. The predicted octanol–water partition coefficient (Wildman–Crippen LogP) is 1.92. The molecule has 0 aromatic heterocycles. The first-order valence-corrected chi connectivity index (χ1v) is 9.35. The van der Waals surface area contributed by atoms with Crippen LogP contribution in [0.1, 0.15) is 15.9 Å².